The second kappa shape index (κ2) is 12.3. The zero-order chi connectivity index (χ0) is 24.6. The Morgan fingerprint density at radius 1 is 1.14 bits per heavy atom. The van der Waals surface area contributed by atoms with E-state index in [9.17, 15) is 9.90 Å². The van der Waals surface area contributed by atoms with Gasteiger partial charge < -0.3 is 20.0 Å². The van der Waals surface area contributed by atoms with Crippen LogP contribution in [0.25, 0.3) is 0 Å². The number of benzene rings is 3. The first-order chi connectivity index (χ1) is 17.1. The maximum atomic E-state index is 13.1. The molecule has 0 bridgehead atoms. The highest BCUT2D eigenvalue weighted by Crippen LogP contribution is 2.30. The smallest absolute Gasteiger partial charge is 0.250 e. The predicted molar refractivity (Wildman–Crippen MR) is 144 cm³/mol. The van der Waals surface area contributed by atoms with Gasteiger partial charge >= 0.3 is 0 Å². The quantitative estimate of drug-likeness (QED) is 0.331. The van der Waals surface area contributed by atoms with Crippen LogP contribution in [0.1, 0.15) is 47.7 Å². The average molecular weight is 584 g/mol. The van der Waals surface area contributed by atoms with Gasteiger partial charge in [-0.2, -0.15) is 0 Å². The van der Waals surface area contributed by atoms with Gasteiger partial charge in [-0.1, -0.05) is 65.8 Å². The summed E-state index contributed by atoms with van der Waals surface area (Å²) in [6.45, 7) is 2.09. The summed E-state index contributed by atoms with van der Waals surface area (Å²) in [6.07, 6.45) is 0.333. The third-order valence-electron chi connectivity index (χ3n) is 5.95. The Hall–Kier alpha value is -2.75. The van der Waals surface area contributed by atoms with Gasteiger partial charge in [0.05, 0.1) is 18.4 Å². The molecule has 0 spiro atoms. The van der Waals surface area contributed by atoms with Gasteiger partial charge in [-0.25, -0.2) is 0 Å². The van der Waals surface area contributed by atoms with Crippen molar-refractivity contribution in [2.75, 3.05) is 13.2 Å². The van der Waals surface area contributed by atoms with Gasteiger partial charge in [0.1, 0.15) is 6.10 Å². The third kappa shape index (κ3) is 6.68. The van der Waals surface area contributed by atoms with Gasteiger partial charge in [-0.3, -0.25) is 4.79 Å². The van der Waals surface area contributed by atoms with E-state index in [1.165, 1.54) is 3.57 Å². The molecule has 1 amide bonds. The summed E-state index contributed by atoms with van der Waals surface area (Å²) in [5, 5.41) is 17.1. The van der Waals surface area contributed by atoms with Crippen molar-refractivity contribution in [1.29, 1.82) is 0 Å². The molecule has 3 aromatic carbocycles. The summed E-state index contributed by atoms with van der Waals surface area (Å²) in [5.74, 6) is -0.250. The van der Waals surface area contributed by atoms with E-state index in [2.05, 4.69) is 57.3 Å². The van der Waals surface area contributed by atoms with E-state index in [1.807, 2.05) is 61.5 Å². The summed E-state index contributed by atoms with van der Waals surface area (Å²) in [4.78, 5) is 18.8. The van der Waals surface area contributed by atoms with E-state index in [-0.39, 0.29) is 18.6 Å². The minimum absolute atomic E-state index is 0.0963. The van der Waals surface area contributed by atoms with Crippen LogP contribution in [0.3, 0.4) is 0 Å². The van der Waals surface area contributed by atoms with Gasteiger partial charge in [0.25, 0.3) is 0 Å². The van der Waals surface area contributed by atoms with E-state index in [0.717, 1.165) is 28.0 Å². The minimum atomic E-state index is -0.672. The fourth-order valence-corrected chi connectivity index (χ4v) is 4.47. The molecule has 1 aliphatic heterocycles. The van der Waals surface area contributed by atoms with E-state index in [4.69, 9.17) is 9.57 Å². The molecule has 0 aliphatic carbocycles. The Morgan fingerprint density at radius 2 is 1.91 bits per heavy atom. The largest absolute Gasteiger partial charge is 0.394 e. The third-order valence-corrected chi connectivity index (χ3v) is 6.67. The molecule has 1 aliphatic rings. The zero-order valence-corrected chi connectivity index (χ0v) is 21.7. The van der Waals surface area contributed by atoms with Crippen LogP contribution in [0.15, 0.2) is 84.0 Å². The number of oxime groups is 1. The molecule has 3 aromatic rings. The molecule has 0 fully saturated rings. The van der Waals surface area contributed by atoms with Crippen molar-refractivity contribution in [3.63, 3.8) is 0 Å². The lowest BCUT2D eigenvalue weighted by Crippen LogP contribution is -2.41. The monoisotopic (exact) mass is 584 g/mol. The molecule has 4 rings (SSSR count). The number of amides is 1. The van der Waals surface area contributed by atoms with Crippen molar-refractivity contribution >= 4 is 34.2 Å². The normalized spacial score (nSPS) is 16.8. The highest BCUT2D eigenvalue weighted by molar-refractivity contribution is 14.1. The van der Waals surface area contributed by atoms with E-state index in [0.29, 0.717) is 19.4 Å². The second-order valence-corrected chi connectivity index (χ2v) is 9.64. The number of carbonyl (C=O) groups is 1. The molecule has 7 heteroatoms. The molecule has 3 atom stereocenters. The zero-order valence-electron chi connectivity index (χ0n) is 19.6. The highest BCUT2D eigenvalue weighted by atomic mass is 127. The number of rotatable bonds is 10. The molecule has 35 heavy (non-hydrogen) atoms. The van der Waals surface area contributed by atoms with Crippen LogP contribution in [0, 0.1) is 3.57 Å². The number of carbonyl (C=O) groups excluding carboxylic acids is 1. The number of hydrogen-bond donors (Lipinski definition) is 2. The molecule has 182 valence electrons. The first-order valence-electron chi connectivity index (χ1n) is 11.7. The molecule has 1 heterocycles. The SMILES string of the molecule is CCO[C@H](Cc1cccc(C2=NOC(c3ccc(I)cc3)C2)c1)C(=O)N[C@@H](CO)c1ccccc1. The molecular formula is C28H29IN2O4. The molecule has 6 nitrogen and oxygen atoms in total. The number of ether oxygens (including phenoxy) is 1. The van der Waals surface area contributed by atoms with Crippen molar-refractivity contribution in [2.24, 2.45) is 5.16 Å². The summed E-state index contributed by atoms with van der Waals surface area (Å²) in [7, 11) is 0. The first-order valence-corrected chi connectivity index (χ1v) is 12.8. The van der Waals surface area contributed by atoms with Gasteiger partial charge in [0.15, 0.2) is 6.10 Å². The van der Waals surface area contributed by atoms with Crippen LogP contribution < -0.4 is 5.32 Å². The van der Waals surface area contributed by atoms with E-state index < -0.39 is 12.1 Å². The number of aliphatic hydroxyl groups is 1. The van der Waals surface area contributed by atoms with Crippen molar-refractivity contribution in [3.05, 3.63) is 105 Å². The maximum Gasteiger partial charge on any atom is 0.250 e. The van der Waals surface area contributed by atoms with Gasteiger partial charge in [0, 0.05) is 23.0 Å². The standard InChI is InChI=1S/C28H29IN2O4/c1-2-34-27(28(33)30-25(18-32)20-8-4-3-5-9-20)16-19-7-6-10-22(15-19)24-17-26(35-31-24)21-11-13-23(29)14-12-21/h3-15,25-27,32H,2,16-18H2,1H3,(H,30,33)/t25-,26?,27+/m0/s1. The van der Waals surface area contributed by atoms with Crippen LogP contribution in [-0.2, 0) is 20.8 Å². The molecule has 1 unspecified atom stereocenters. The van der Waals surface area contributed by atoms with Crippen molar-refractivity contribution in [2.45, 2.75) is 38.0 Å². The number of halogens is 1. The Morgan fingerprint density at radius 3 is 2.63 bits per heavy atom. The number of aliphatic hydroxyl groups excluding tert-OH is 1. The Bertz CT molecular complexity index is 1150. The average Bonchev–Trinajstić information content (AvgIpc) is 3.38. The fraction of sp³-hybridized carbons (Fsp3) is 0.286. The number of nitrogens with one attached hydrogen (secondary N) is 1. The van der Waals surface area contributed by atoms with Gasteiger partial charge in [-0.15, -0.1) is 0 Å². The lowest BCUT2D eigenvalue weighted by molar-refractivity contribution is -0.133. The fourth-order valence-electron chi connectivity index (χ4n) is 4.11. The van der Waals surface area contributed by atoms with Crippen LogP contribution >= 0.6 is 22.6 Å². The molecule has 2 N–H and O–H groups in total. The maximum absolute atomic E-state index is 13.1. The Kier molecular flexibility index (Phi) is 8.90. The topological polar surface area (TPSA) is 80.2 Å². The van der Waals surface area contributed by atoms with Gasteiger partial charge in [0.2, 0.25) is 5.91 Å². The lowest BCUT2D eigenvalue weighted by Gasteiger charge is -2.22. The highest BCUT2D eigenvalue weighted by Gasteiger charge is 2.26. The van der Waals surface area contributed by atoms with Crippen LogP contribution in [0.2, 0.25) is 0 Å². The molecule has 0 saturated heterocycles. The molecular weight excluding hydrogens is 555 g/mol. The Balaban J connectivity index is 1.43. The second-order valence-electron chi connectivity index (χ2n) is 8.39. The summed E-state index contributed by atoms with van der Waals surface area (Å²) < 4.78 is 6.97. The summed E-state index contributed by atoms with van der Waals surface area (Å²) in [6, 6.07) is 25.2. The van der Waals surface area contributed by atoms with Crippen LogP contribution in [0.5, 0.6) is 0 Å². The number of hydrogen-bond acceptors (Lipinski definition) is 5. The minimum Gasteiger partial charge on any atom is -0.394 e. The first kappa shape index (κ1) is 25.3. The van der Waals surface area contributed by atoms with Crippen molar-refractivity contribution in [1.82, 2.24) is 5.32 Å². The number of nitrogens with zero attached hydrogens (tertiary/aromatic N) is 1. The Labute approximate surface area is 219 Å². The summed E-state index contributed by atoms with van der Waals surface area (Å²) in [5.41, 5.74) is 4.78. The van der Waals surface area contributed by atoms with Crippen molar-refractivity contribution < 1.29 is 19.5 Å². The van der Waals surface area contributed by atoms with Crippen LogP contribution in [0.4, 0.5) is 0 Å². The van der Waals surface area contributed by atoms with E-state index >= 15 is 0 Å². The van der Waals surface area contributed by atoms with Crippen molar-refractivity contribution in [3.8, 4) is 0 Å². The van der Waals surface area contributed by atoms with Crippen LogP contribution in [-0.4, -0.2) is 36.0 Å². The predicted octanol–water partition coefficient (Wildman–Crippen LogP) is 4.95. The lowest BCUT2D eigenvalue weighted by atomic mass is 9.97. The van der Waals surface area contributed by atoms with Gasteiger partial charge in [-0.05, 0) is 70.0 Å². The van der Waals surface area contributed by atoms with E-state index in [1.54, 1.807) is 0 Å². The molecule has 0 saturated carbocycles. The summed E-state index contributed by atoms with van der Waals surface area (Å²) >= 11 is 2.29. The molecule has 0 aromatic heterocycles. The molecule has 0 radical (unpaired) electrons.